The van der Waals surface area contributed by atoms with Crippen LogP contribution in [-0.4, -0.2) is 40.1 Å². The number of carbonyl (C=O) groups is 1. The molecule has 0 unspecified atom stereocenters. The normalized spacial score (nSPS) is 11.0. The van der Waals surface area contributed by atoms with E-state index in [0.717, 1.165) is 5.75 Å². The van der Waals surface area contributed by atoms with Crippen molar-refractivity contribution < 1.29 is 22.7 Å². The van der Waals surface area contributed by atoms with Gasteiger partial charge in [-0.15, -0.1) is 0 Å². The molecule has 2 rings (SSSR count). The Kier molecular flexibility index (Phi) is 8.01. The van der Waals surface area contributed by atoms with Crippen molar-refractivity contribution in [1.82, 2.24) is 0 Å². The molecule has 152 valence electrons. The first-order valence-corrected chi connectivity index (χ1v) is 11.3. The van der Waals surface area contributed by atoms with Crippen LogP contribution in [-0.2, 0) is 14.8 Å². The molecule has 0 fully saturated rings. The second-order valence-electron chi connectivity index (χ2n) is 5.69. The Balaban J connectivity index is 2.22. The molecule has 0 aliphatic rings. The van der Waals surface area contributed by atoms with Crippen LogP contribution in [0.2, 0.25) is 0 Å². The van der Waals surface area contributed by atoms with Crippen LogP contribution in [0.25, 0.3) is 0 Å². The highest BCUT2D eigenvalue weighted by Crippen LogP contribution is 2.29. The molecule has 0 spiro atoms. The Morgan fingerprint density at radius 2 is 1.71 bits per heavy atom. The van der Waals surface area contributed by atoms with E-state index in [1.165, 1.54) is 26.4 Å². The van der Waals surface area contributed by atoms with Crippen LogP contribution in [0.15, 0.2) is 47.4 Å². The smallest absolute Gasteiger partial charge is 0.265 e. The second-order valence-corrected chi connectivity index (χ2v) is 8.74. The number of hydrogen-bond donors (Lipinski definition) is 2. The first kappa shape index (κ1) is 21.9. The van der Waals surface area contributed by atoms with Crippen molar-refractivity contribution in [3.05, 3.63) is 42.5 Å². The van der Waals surface area contributed by atoms with Gasteiger partial charge in [-0.3, -0.25) is 9.52 Å². The zero-order valence-electron chi connectivity index (χ0n) is 16.0. The maximum absolute atomic E-state index is 12.8. The minimum Gasteiger partial charge on any atom is -0.497 e. The zero-order valence-corrected chi connectivity index (χ0v) is 17.7. The summed E-state index contributed by atoms with van der Waals surface area (Å²) in [4.78, 5) is 12.0. The monoisotopic (exact) mass is 424 g/mol. The predicted molar refractivity (Wildman–Crippen MR) is 113 cm³/mol. The fourth-order valence-electron chi connectivity index (χ4n) is 2.37. The van der Waals surface area contributed by atoms with Crippen LogP contribution >= 0.6 is 11.8 Å². The molecule has 0 atom stereocenters. The number of rotatable bonds is 10. The number of ether oxygens (including phenoxy) is 2. The van der Waals surface area contributed by atoms with E-state index in [-0.39, 0.29) is 16.6 Å². The summed E-state index contributed by atoms with van der Waals surface area (Å²) in [5, 5.41) is 2.73. The van der Waals surface area contributed by atoms with Crippen LogP contribution in [0, 0.1) is 0 Å². The van der Waals surface area contributed by atoms with Crippen molar-refractivity contribution in [2.75, 3.05) is 35.8 Å². The Labute approximate surface area is 169 Å². The van der Waals surface area contributed by atoms with Crippen LogP contribution < -0.4 is 19.5 Å². The number of amides is 1. The Morgan fingerprint density at radius 3 is 2.32 bits per heavy atom. The van der Waals surface area contributed by atoms with E-state index in [1.807, 2.05) is 6.92 Å². The molecule has 0 bridgehead atoms. The van der Waals surface area contributed by atoms with Gasteiger partial charge in [-0.1, -0.05) is 6.92 Å². The number of nitrogens with one attached hydrogen (secondary N) is 2. The molecule has 0 aliphatic heterocycles. The lowest BCUT2D eigenvalue weighted by Crippen LogP contribution is -2.16. The van der Waals surface area contributed by atoms with Crippen molar-refractivity contribution in [2.45, 2.75) is 18.2 Å². The summed E-state index contributed by atoms with van der Waals surface area (Å²) in [5.41, 5.74) is 0.774. The molecule has 2 aromatic carbocycles. The topological polar surface area (TPSA) is 93.7 Å². The summed E-state index contributed by atoms with van der Waals surface area (Å²) < 4.78 is 38.5. The van der Waals surface area contributed by atoms with Gasteiger partial charge in [0, 0.05) is 23.5 Å². The fraction of sp³-hybridized carbons (Fsp3) is 0.316. The SMILES string of the molecule is CCSCCC(=O)Nc1ccc(OC)c(S(=O)(=O)Nc2ccc(OC)cc2)c1. The summed E-state index contributed by atoms with van der Waals surface area (Å²) in [7, 11) is -1.00. The quantitative estimate of drug-likeness (QED) is 0.566. The molecule has 2 N–H and O–H groups in total. The van der Waals surface area contributed by atoms with Gasteiger partial charge >= 0.3 is 0 Å². The zero-order chi connectivity index (χ0) is 20.6. The number of hydrogen-bond acceptors (Lipinski definition) is 6. The summed E-state index contributed by atoms with van der Waals surface area (Å²) in [5.74, 6) is 2.28. The van der Waals surface area contributed by atoms with Gasteiger partial charge in [-0.2, -0.15) is 11.8 Å². The van der Waals surface area contributed by atoms with Gasteiger partial charge in [0.1, 0.15) is 16.4 Å². The molecule has 2 aromatic rings. The highest BCUT2D eigenvalue weighted by atomic mass is 32.2. The molecule has 0 aromatic heterocycles. The number of methoxy groups -OCH3 is 2. The molecule has 1 amide bonds. The summed E-state index contributed by atoms with van der Waals surface area (Å²) in [6, 6.07) is 11.0. The highest BCUT2D eigenvalue weighted by Gasteiger charge is 2.21. The Hall–Kier alpha value is -2.39. The standard InChI is InChI=1S/C19H24N2O5S2/c1-4-27-12-11-19(22)20-15-7-10-17(26-3)18(13-15)28(23,24)21-14-5-8-16(25-2)9-6-14/h5-10,13,21H,4,11-12H2,1-3H3,(H,20,22). The third-order valence-corrected chi connectivity index (χ3v) is 6.06. The van der Waals surface area contributed by atoms with Crippen molar-refractivity contribution >= 4 is 39.1 Å². The summed E-state index contributed by atoms with van der Waals surface area (Å²) in [6.45, 7) is 2.03. The number of anilines is 2. The van der Waals surface area contributed by atoms with Gasteiger partial charge in [0.05, 0.1) is 14.2 Å². The molecular formula is C19H24N2O5S2. The van der Waals surface area contributed by atoms with Gasteiger partial charge < -0.3 is 14.8 Å². The molecule has 28 heavy (non-hydrogen) atoms. The number of thioether (sulfide) groups is 1. The second kappa shape index (κ2) is 10.2. The molecular weight excluding hydrogens is 400 g/mol. The van der Waals surface area contributed by atoms with E-state index < -0.39 is 10.0 Å². The first-order valence-electron chi connectivity index (χ1n) is 8.62. The minimum absolute atomic E-state index is 0.0634. The summed E-state index contributed by atoms with van der Waals surface area (Å²) in [6.07, 6.45) is 0.358. The summed E-state index contributed by atoms with van der Waals surface area (Å²) >= 11 is 1.67. The van der Waals surface area contributed by atoms with Gasteiger partial charge in [0.15, 0.2) is 0 Å². The molecule has 0 aliphatic carbocycles. The van der Waals surface area contributed by atoms with Crippen molar-refractivity contribution in [3.8, 4) is 11.5 Å². The van der Waals surface area contributed by atoms with Crippen LogP contribution in [0.4, 0.5) is 11.4 Å². The lowest BCUT2D eigenvalue weighted by atomic mass is 10.3. The molecule has 9 heteroatoms. The maximum Gasteiger partial charge on any atom is 0.265 e. The Morgan fingerprint density at radius 1 is 1.04 bits per heavy atom. The third kappa shape index (κ3) is 6.07. The average Bonchev–Trinajstić information content (AvgIpc) is 2.68. The van der Waals surface area contributed by atoms with Gasteiger partial charge in [0.25, 0.3) is 10.0 Å². The first-order chi connectivity index (χ1) is 13.4. The molecule has 0 saturated carbocycles. The number of benzene rings is 2. The van der Waals surface area contributed by atoms with E-state index in [2.05, 4.69) is 10.0 Å². The largest absolute Gasteiger partial charge is 0.497 e. The van der Waals surface area contributed by atoms with E-state index >= 15 is 0 Å². The lowest BCUT2D eigenvalue weighted by Gasteiger charge is -2.14. The van der Waals surface area contributed by atoms with E-state index in [9.17, 15) is 13.2 Å². The van der Waals surface area contributed by atoms with Gasteiger partial charge in [-0.25, -0.2) is 8.42 Å². The predicted octanol–water partition coefficient (Wildman–Crippen LogP) is 3.59. The van der Waals surface area contributed by atoms with Gasteiger partial charge in [-0.05, 0) is 48.2 Å². The highest BCUT2D eigenvalue weighted by molar-refractivity contribution is 7.99. The van der Waals surface area contributed by atoms with E-state index in [1.54, 1.807) is 42.1 Å². The molecule has 7 nitrogen and oxygen atoms in total. The lowest BCUT2D eigenvalue weighted by molar-refractivity contribution is -0.115. The molecule has 0 saturated heterocycles. The fourth-order valence-corrected chi connectivity index (χ4v) is 4.24. The molecule has 0 heterocycles. The number of sulfonamides is 1. The third-order valence-electron chi connectivity index (χ3n) is 3.76. The van der Waals surface area contributed by atoms with Crippen LogP contribution in [0.3, 0.4) is 0 Å². The van der Waals surface area contributed by atoms with Gasteiger partial charge in [0.2, 0.25) is 5.91 Å². The van der Waals surface area contributed by atoms with E-state index in [0.29, 0.717) is 29.3 Å². The maximum atomic E-state index is 12.8. The van der Waals surface area contributed by atoms with Crippen molar-refractivity contribution in [3.63, 3.8) is 0 Å². The van der Waals surface area contributed by atoms with Crippen molar-refractivity contribution in [1.29, 1.82) is 0 Å². The number of carbonyl (C=O) groups excluding carboxylic acids is 1. The van der Waals surface area contributed by atoms with E-state index in [4.69, 9.17) is 9.47 Å². The Bertz CT molecular complexity index is 899. The minimum atomic E-state index is -3.93. The van der Waals surface area contributed by atoms with Crippen LogP contribution in [0.1, 0.15) is 13.3 Å². The van der Waals surface area contributed by atoms with Crippen molar-refractivity contribution in [2.24, 2.45) is 0 Å². The average molecular weight is 425 g/mol. The van der Waals surface area contributed by atoms with Crippen LogP contribution in [0.5, 0.6) is 11.5 Å². The molecule has 0 radical (unpaired) electrons.